The van der Waals surface area contributed by atoms with Crippen molar-refractivity contribution in [3.63, 3.8) is 0 Å². The number of hydrogen-bond acceptors (Lipinski definition) is 24. The molecule has 0 atom stereocenters. The molecule has 6 aliphatic rings. The van der Waals surface area contributed by atoms with Gasteiger partial charge in [-0.15, -0.1) is 11.8 Å². The molecule has 0 saturated carbocycles. The second-order valence-corrected chi connectivity index (χ2v) is 42.4. The second-order valence-electron chi connectivity index (χ2n) is 31.6. The summed E-state index contributed by atoms with van der Waals surface area (Å²) < 4.78 is 211. The van der Waals surface area contributed by atoms with Gasteiger partial charge in [0.1, 0.15) is 33.3 Å². The van der Waals surface area contributed by atoms with E-state index in [0.717, 1.165) is 122 Å². The van der Waals surface area contributed by atoms with Crippen molar-refractivity contribution in [2.24, 2.45) is 0 Å². The van der Waals surface area contributed by atoms with E-state index in [0.29, 0.717) is 90.9 Å². The van der Waals surface area contributed by atoms with Gasteiger partial charge < -0.3 is 47.3 Å². The number of fused-ring (bicyclic) bond motifs is 4. The van der Waals surface area contributed by atoms with Crippen molar-refractivity contribution in [2.75, 3.05) is 83.7 Å². The number of halogens is 1. The van der Waals surface area contributed by atoms with E-state index in [1.807, 2.05) is 68.1 Å². The Morgan fingerprint density at radius 3 is 1.18 bits per heavy atom. The number of aliphatic hydroxyl groups is 2. The molecule has 0 radical (unpaired) electrons. The number of unbranched alkanes of at least 4 members (excludes halogenated alkanes) is 4. The zero-order valence-electron chi connectivity index (χ0n) is 71.1. The number of thioether (sulfide) groups is 1. The van der Waals surface area contributed by atoms with Crippen LogP contribution in [0.4, 0.5) is 22.7 Å². The summed E-state index contributed by atoms with van der Waals surface area (Å²) in [5.74, 6) is -0.753. The van der Waals surface area contributed by atoms with E-state index in [1.54, 1.807) is 23.9 Å². The van der Waals surface area contributed by atoms with E-state index in [4.69, 9.17) is 16.7 Å². The number of allylic oxidation sites excluding steroid dienone is 15. The molecule has 0 unspecified atom stereocenters. The molecule has 0 fully saturated rings. The predicted molar refractivity (Wildman–Crippen MR) is 469 cm³/mol. The number of hydrogen-bond donors (Lipinski definition) is 3. The van der Waals surface area contributed by atoms with Crippen molar-refractivity contribution in [3.8, 4) is 0 Å². The van der Waals surface area contributed by atoms with Gasteiger partial charge in [-0.2, -0.15) is 35.3 Å². The number of anilines is 2. The minimum Gasteiger partial charge on any atom is -0.748 e. The zero-order valence-corrected chi connectivity index (χ0v) is 87.5. The largest absolute Gasteiger partial charge is 1.00 e. The van der Waals surface area contributed by atoms with Gasteiger partial charge in [0, 0.05) is 139 Å². The molecule has 2 N–H and O–H groups in total. The molecular formula is C83H111ClN4Na4O20S9. The topological polar surface area (TPSA) is 396 Å². The van der Waals surface area contributed by atoms with Crippen molar-refractivity contribution < 1.29 is 215 Å². The van der Waals surface area contributed by atoms with Gasteiger partial charge in [-0.05, 0) is 201 Å². The molecule has 0 amide bonds. The van der Waals surface area contributed by atoms with Crippen molar-refractivity contribution in [1.82, 2.24) is 0 Å². The van der Waals surface area contributed by atoms with Crippen LogP contribution in [0, 0.1) is 13.8 Å². The Hall–Kier alpha value is -1.54. The van der Waals surface area contributed by atoms with Crippen LogP contribution in [-0.2, 0) is 82.4 Å². The Bertz CT molecular complexity index is 5430. The van der Waals surface area contributed by atoms with Crippen molar-refractivity contribution in [2.45, 2.75) is 198 Å². The van der Waals surface area contributed by atoms with E-state index in [-0.39, 0.29) is 199 Å². The van der Waals surface area contributed by atoms with Crippen LogP contribution in [0.1, 0.15) is 186 Å². The van der Waals surface area contributed by atoms with Crippen molar-refractivity contribution in [3.05, 3.63) is 198 Å². The number of aryl methyl sites for hydroxylation is 2. The summed E-state index contributed by atoms with van der Waals surface area (Å²) in [5, 5.41) is 18.3. The normalized spacial score (nSPS) is 18.5. The summed E-state index contributed by atoms with van der Waals surface area (Å²) in [7, 11) is -26.8. The van der Waals surface area contributed by atoms with Crippen molar-refractivity contribution >= 4 is 144 Å². The van der Waals surface area contributed by atoms with Crippen LogP contribution >= 0.6 is 49.5 Å². The van der Waals surface area contributed by atoms with Crippen LogP contribution < -0.4 is 128 Å². The monoisotopic (exact) mass is 1900 g/mol. The molecule has 2 aliphatic carbocycles. The Labute approximate surface area is 829 Å². The number of thiol groups is 1. The fourth-order valence-electron chi connectivity index (χ4n) is 15.8. The molecule has 4 heterocycles. The van der Waals surface area contributed by atoms with Gasteiger partial charge in [0.05, 0.1) is 74.3 Å². The van der Waals surface area contributed by atoms with Crippen LogP contribution in [0.5, 0.6) is 0 Å². The van der Waals surface area contributed by atoms with Gasteiger partial charge in [-0.25, -0.2) is 50.5 Å². The molecule has 4 aromatic carbocycles. The van der Waals surface area contributed by atoms with Gasteiger partial charge in [0.2, 0.25) is 11.4 Å². The van der Waals surface area contributed by atoms with Gasteiger partial charge in [-0.3, -0.25) is 0 Å². The standard InChI is InChI=1S/C41H54N2O10S4.C39H49ClN2O9S3.C2H6OS.CH4.4Na.H2S/c1-29-13-17-35-33(27-29)40(2,3)37(42(35)21-6-8-25-55(45,46)47)19-14-30-11-10-12-31(39(30)54-24-23-44)15-20-38-41(4,5)34-28-32(57(51,52)53)16-18-36(34)43(38)22-7-9-26-56(48,49)50;1-27-13-17-33-31(25-27)38(2,3)35(41(33)21-6-8-23-52(43,44)45)19-14-28-11-10-12-29(37(28)40)15-20-36-39(4,5)32-26-30(54(49,50)51)16-18-34(32)42(36)22-7-9-24-53(46,47)48;3-1-2-4;;;;;;/h13-20,27-28,44H,6-12,21-26H2,1-5H3,(H2-,45,46,47,48,49,50,51,52,53);13-20,25-26H,6-12,21-24H2,1-5H3,(H2-,43,44,45,46,47,48,49,50,51);3-4H,1-2H2;1H4;;;;;1H2/q;;;;4*+1;/p-4. The molecule has 0 aromatic heterocycles. The molecule has 121 heavy (non-hydrogen) atoms. The van der Waals surface area contributed by atoms with Gasteiger partial charge in [0.25, 0.3) is 0 Å². The molecule has 0 saturated heterocycles. The molecule has 4 aliphatic heterocycles. The first-order valence-corrected chi connectivity index (χ1v) is 49.4. The number of benzene rings is 4. The summed E-state index contributed by atoms with van der Waals surface area (Å²) in [6.07, 6.45) is 23.8. The van der Waals surface area contributed by atoms with Crippen LogP contribution in [0.3, 0.4) is 0 Å². The summed E-state index contributed by atoms with van der Waals surface area (Å²) in [4.78, 5) is 4.79. The van der Waals surface area contributed by atoms with E-state index in [2.05, 4.69) is 118 Å². The van der Waals surface area contributed by atoms with E-state index in [1.165, 1.54) is 24.3 Å². The first-order chi connectivity index (χ1) is 53.5. The smallest absolute Gasteiger partial charge is 0.748 e. The van der Waals surface area contributed by atoms with E-state index < -0.39 is 94.6 Å². The van der Waals surface area contributed by atoms with E-state index in [9.17, 15) is 82.9 Å². The third-order valence-corrected chi connectivity index (χ3v) is 28.3. The Morgan fingerprint density at radius 1 is 0.463 bits per heavy atom. The van der Waals surface area contributed by atoms with Gasteiger partial charge in [-0.1, -0.05) is 106 Å². The summed E-state index contributed by atoms with van der Waals surface area (Å²) >= 11 is 12.4. The molecule has 648 valence electrons. The summed E-state index contributed by atoms with van der Waals surface area (Å²) in [6, 6.07) is 21.2. The molecule has 10 rings (SSSR count). The molecule has 0 bridgehead atoms. The van der Waals surface area contributed by atoms with Crippen molar-refractivity contribution in [1.29, 1.82) is 0 Å². The van der Waals surface area contributed by atoms with Crippen LogP contribution in [-0.4, -0.2) is 183 Å². The number of aliphatic hydroxyl groups excluding tert-OH is 2. The minimum absolute atomic E-state index is 0. The quantitative estimate of drug-likeness (QED) is 0.0206. The zero-order chi connectivity index (χ0) is 85.2. The Morgan fingerprint density at radius 2 is 0.818 bits per heavy atom. The number of rotatable bonds is 32. The maximum atomic E-state index is 12.0. The van der Waals surface area contributed by atoms with Crippen LogP contribution in [0.15, 0.2) is 175 Å². The first kappa shape index (κ1) is 116. The third kappa shape index (κ3) is 31.1. The first-order valence-electron chi connectivity index (χ1n) is 38.3. The van der Waals surface area contributed by atoms with Gasteiger partial charge in [0.15, 0.2) is 11.4 Å². The van der Waals surface area contributed by atoms with Crippen LogP contribution in [0.25, 0.3) is 0 Å². The molecule has 4 aromatic rings. The SMILES string of the molecule is C.Cc1ccc2c(c1)C(C)(C)C(=CC=C1CCCC(C=CC3=[N+](CCCCS(=O)(=O)[O-])c4ccc(S(=O)(=O)[O-])cc4C3(C)C)=C1Cl)N2CCCCS(=O)(=O)[O-].Cc1ccc2c(c1)C(C)(C)C(=CC=C1CCCC(C=CC3=[N+](CCCCS(=O)(=O)[O-])c4ccc(S(=O)(=O)[O-])cc4C3(C)C)=C1SCCO)N2CCCCS(=O)(=O)[O-].OCCS.S.[Na+].[Na+].[Na+].[Na+]. The van der Waals surface area contributed by atoms with Crippen LogP contribution in [0.2, 0.25) is 0 Å². The fraction of sp³-hybridized carbons (Fsp3) is 0.494. The summed E-state index contributed by atoms with van der Waals surface area (Å²) in [5.41, 5.74) is 14.9. The second kappa shape index (κ2) is 48.6. The Kier molecular flexibility index (Phi) is 46.4. The molecule has 24 nitrogen and oxygen atoms in total. The summed E-state index contributed by atoms with van der Waals surface area (Å²) in [6.45, 7) is 22.5. The maximum absolute atomic E-state index is 12.0. The molecular weight excluding hydrogens is 1790 g/mol. The maximum Gasteiger partial charge on any atom is 1.00 e. The molecule has 0 spiro atoms. The van der Waals surface area contributed by atoms with E-state index >= 15 is 0 Å². The predicted octanol–water partition coefficient (Wildman–Crippen LogP) is 1.69. The van der Waals surface area contributed by atoms with Gasteiger partial charge >= 0.3 is 118 Å². The average Bonchev–Trinajstić information content (AvgIpc) is 1.61. The third-order valence-electron chi connectivity index (χ3n) is 21.6. The minimum atomic E-state index is -4.73. The Balaban J connectivity index is 0.000000750. The fourth-order valence-corrected chi connectivity index (χ4v) is 20.4. The number of nitrogens with zero attached hydrogens (tertiary/aromatic N) is 4. The molecule has 38 heteroatoms. The average molecular weight is 1900 g/mol.